The molecule has 1 rings (SSSR count). The van der Waals surface area contributed by atoms with E-state index in [0.717, 1.165) is 24.3 Å². The predicted molar refractivity (Wildman–Crippen MR) is 82.0 cm³/mol. The van der Waals surface area contributed by atoms with Crippen molar-refractivity contribution in [2.45, 2.75) is 46.2 Å². The van der Waals surface area contributed by atoms with Crippen molar-refractivity contribution in [3.63, 3.8) is 0 Å². The zero-order valence-electron chi connectivity index (χ0n) is 13.0. The van der Waals surface area contributed by atoms with Crippen LogP contribution in [0.1, 0.15) is 37.8 Å². The van der Waals surface area contributed by atoms with Crippen LogP contribution in [-0.4, -0.2) is 25.6 Å². The topological polar surface area (TPSA) is 50.4 Å². The third-order valence-electron chi connectivity index (χ3n) is 3.34. The SMILES string of the molecule is CCC(C)NC(=O)CCNCc1ccc(OC)c(C)c1. The summed E-state index contributed by atoms with van der Waals surface area (Å²) in [6, 6.07) is 6.37. The fourth-order valence-electron chi connectivity index (χ4n) is 1.93. The molecule has 1 aromatic carbocycles. The number of benzene rings is 1. The van der Waals surface area contributed by atoms with Crippen molar-refractivity contribution in [1.82, 2.24) is 10.6 Å². The number of aryl methyl sites for hydroxylation is 1. The van der Waals surface area contributed by atoms with E-state index in [9.17, 15) is 4.79 Å². The molecule has 20 heavy (non-hydrogen) atoms. The van der Waals surface area contributed by atoms with Crippen molar-refractivity contribution in [3.05, 3.63) is 29.3 Å². The Balaban J connectivity index is 2.27. The van der Waals surface area contributed by atoms with E-state index < -0.39 is 0 Å². The molecule has 0 aliphatic rings. The van der Waals surface area contributed by atoms with E-state index >= 15 is 0 Å². The molecule has 112 valence electrons. The highest BCUT2D eigenvalue weighted by atomic mass is 16.5. The molecule has 1 unspecified atom stereocenters. The Morgan fingerprint density at radius 1 is 1.40 bits per heavy atom. The number of carbonyl (C=O) groups excluding carboxylic acids is 1. The predicted octanol–water partition coefficient (Wildman–Crippen LogP) is 2.40. The van der Waals surface area contributed by atoms with Gasteiger partial charge in [-0.2, -0.15) is 0 Å². The van der Waals surface area contributed by atoms with Crippen molar-refractivity contribution < 1.29 is 9.53 Å². The van der Waals surface area contributed by atoms with Gasteiger partial charge in [0.2, 0.25) is 5.91 Å². The molecule has 0 aliphatic heterocycles. The number of ether oxygens (including phenoxy) is 1. The lowest BCUT2D eigenvalue weighted by Crippen LogP contribution is -2.33. The first-order chi connectivity index (χ1) is 9.56. The molecular weight excluding hydrogens is 252 g/mol. The van der Waals surface area contributed by atoms with Gasteiger partial charge in [0.1, 0.15) is 5.75 Å². The summed E-state index contributed by atoms with van der Waals surface area (Å²) in [6.07, 6.45) is 1.48. The number of rotatable bonds is 8. The van der Waals surface area contributed by atoms with E-state index in [1.54, 1.807) is 7.11 Å². The van der Waals surface area contributed by atoms with Crippen LogP contribution in [0.4, 0.5) is 0 Å². The molecule has 0 radical (unpaired) electrons. The van der Waals surface area contributed by atoms with E-state index in [4.69, 9.17) is 4.74 Å². The molecule has 4 heteroatoms. The average Bonchev–Trinajstić information content (AvgIpc) is 2.43. The maximum atomic E-state index is 11.6. The van der Waals surface area contributed by atoms with Gasteiger partial charge in [0.05, 0.1) is 7.11 Å². The highest BCUT2D eigenvalue weighted by Crippen LogP contribution is 2.18. The normalized spacial score (nSPS) is 12.0. The lowest BCUT2D eigenvalue weighted by atomic mass is 10.1. The van der Waals surface area contributed by atoms with Crippen LogP contribution in [0.25, 0.3) is 0 Å². The maximum absolute atomic E-state index is 11.6. The van der Waals surface area contributed by atoms with Crippen LogP contribution >= 0.6 is 0 Å². The molecule has 0 heterocycles. The van der Waals surface area contributed by atoms with Gasteiger partial charge < -0.3 is 15.4 Å². The van der Waals surface area contributed by atoms with Gasteiger partial charge >= 0.3 is 0 Å². The van der Waals surface area contributed by atoms with Gasteiger partial charge in [-0.1, -0.05) is 19.1 Å². The first kappa shape index (κ1) is 16.5. The van der Waals surface area contributed by atoms with E-state index in [1.165, 1.54) is 5.56 Å². The second kappa shape index (κ2) is 8.59. The molecular formula is C16H26N2O2. The van der Waals surface area contributed by atoms with Crippen LogP contribution in [0.15, 0.2) is 18.2 Å². The van der Waals surface area contributed by atoms with Crippen molar-refractivity contribution >= 4 is 5.91 Å². The quantitative estimate of drug-likeness (QED) is 0.718. The number of amides is 1. The number of nitrogens with one attached hydrogen (secondary N) is 2. The number of carbonyl (C=O) groups is 1. The molecule has 0 aliphatic carbocycles. The molecule has 0 saturated heterocycles. The number of hydrogen-bond donors (Lipinski definition) is 2. The second-order valence-corrected chi connectivity index (χ2v) is 5.11. The Hall–Kier alpha value is -1.55. The molecule has 0 spiro atoms. The summed E-state index contributed by atoms with van der Waals surface area (Å²) in [5.74, 6) is 1.01. The minimum absolute atomic E-state index is 0.109. The van der Waals surface area contributed by atoms with Crippen LogP contribution in [0.3, 0.4) is 0 Å². The molecule has 0 bridgehead atoms. The van der Waals surface area contributed by atoms with Gasteiger partial charge in [-0.05, 0) is 37.5 Å². The Morgan fingerprint density at radius 3 is 2.75 bits per heavy atom. The minimum Gasteiger partial charge on any atom is -0.496 e. The minimum atomic E-state index is 0.109. The molecule has 0 aromatic heterocycles. The largest absolute Gasteiger partial charge is 0.496 e. The fraction of sp³-hybridized carbons (Fsp3) is 0.562. The first-order valence-corrected chi connectivity index (χ1v) is 7.20. The Bertz CT molecular complexity index is 432. The van der Waals surface area contributed by atoms with Crippen molar-refractivity contribution in [3.8, 4) is 5.75 Å². The average molecular weight is 278 g/mol. The molecule has 1 amide bonds. The molecule has 4 nitrogen and oxygen atoms in total. The first-order valence-electron chi connectivity index (χ1n) is 7.20. The van der Waals surface area contributed by atoms with E-state index in [0.29, 0.717) is 13.0 Å². The van der Waals surface area contributed by atoms with Gasteiger partial charge in [-0.15, -0.1) is 0 Å². The number of methoxy groups -OCH3 is 1. The molecule has 0 fully saturated rings. The summed E-state index contributed by atoms with van der Waals surface area (Å²) in [6.45, 7) is 7.57. The van der Waals surface area contributed by atoms with Crippen molar-refractivity contribution in [1.29, 1.82) is 0 Å². The summed E-state index contributed by atoms with van der Waals surface area (Å²) >= 11 is 0. The maximum Gasteiger partial charge on any atom is 0.221 e. The Morgan fingerprint density at radius 2 is 2.15 bits per heavy atom. The van der Waals surface area contributed by atoms with E-state index in [2.05, 4.69) is 23.6 Å². The Labute approximate surface area is 121 Å². The van der Waals surface area contributed by atoms with Crippen LogP contribution in [0.5, 0.6) is 5.75 Å². The smallest absolute Gasteiger partial charge is 0.221 e. The van der Waals surface area contributed by atoms with Crippen LogP contribution in [0.2, 0.25) is 0 Å². The molecule has 0 saturated carbocycles. The van der Waals surface area contributed by atoms with Crippen molar-refractivity contribution in [2.75, 3.05) is 13.7 Å². The summed E-state index contributed by atoms with van der Waals surface area (Å²) in [5.41, 5.74) is 2.33. The third kappa shape index (κ3) is 5.61. The van der Waals surface area contributed by atoms with Gasteiger partial charge in [-0.3, -0.25) is 4.79 Å². The summed E-state index contributed by atoms with van der Waals surface area (Å²) in [4.78, 5) is 11.6. The van der Waals surface area contributed by atoms with E-state index in [1.807, 2.05) is 26.0 Å². The van der Waals surface area contributed by atoms with Gasteiger partial charge in [0, 0.05) is 25.6 Å². The van der Waals surface area contributed by atoms with Gasteiger partial charge in [0.25, 0.3) is 0 Å². The molecule has 1 atom stereocenters. The highest BCUT2D eigenvalue weighted by molar-refractivity contribution is 5.76. The van der Waals surface area contributed by atoms with Crippen LogP contribution in [-0.2, 0) is 11.3 Å². The van der Waals surface area contributed by atoms with Gasteiger partial charge in [-0.25, -0.2) is 0 Å². The Kier molecular flexibility index (Phi) is 7.09. The summed E-state index contributed by atoms with van der Waals surface area (Å²) in [7, 11) is 1.68. The lowest BCUT2D eigenvalue weighted by Gasteiger charge is -2.12. The molecule has 1 aromatic rings. The van der Waals surface area contributed by atoms with E-state index in [-0.39, 0.29) is 11.9 Å². The molecule has 2 N–H and O–H groups in total. The second-order valence-electron chi connectivity index (χ2n) is 5.11. The van der Waals surface area contributed by atoms with Crippen LogP contribution < -0.4 is 15.4 Å². The zero-order chi connectivity index (χ0) is 15.0. The number of hydrogen-bond acceptors (Lipinski definition) is 3. The van der Waals surface area contributed by atoms with Crippen molar-refractivity contribution in [2.24, 2.45) is 0 Å². The summed E-state index contributed by atoms with van der Waals surface area (Å²) < 4.78 is 5.23. The third-order valence-corrected chi connectivity index (χ3v) is 3.34. The highest BCUT2D eigenvalue weighted by Gasteiger charge is 2.05. The fourth-order valence-corrected chi connectivity index (χ4v) is 1.93. The lowest BCUT2D eigenvalue weighted by molar-refractivity contribution is -0.121. The summed E-state index contributed by atoms with van der Waals surface area (Å²) in [5, 5.41) is 6.24. The van der Waals surface area contributed by atoms with Gasteiger partial charge in [0.15, 0.2) is 0 Å². The zero-order valence-corrected chi connectivity index (χ0v) is 13.0. The standard InChI is InChI=1S/C16H26N2O2/c1-5-13(3)18-16(19)8-9-17-11-14-6-7-15(20-4)12(2)10-14/h6-7,10,13,17H,5,8-9,11H2,1-4H3,(H,18,19). The monoisotopic (exact) mass is 278 g/mol. The van der Waals surface area contributed by atoms with Crippen LogP contribution in [0, 0.1) is 6.92 Å².